The molecule has 3 aliphatic rings. The van der Waals surface area contributed by atoms with E-state index in [1.807, 2.05) is 4.57 Å². The third-order valence-corrected chi connectivity index (χ3v) is 6.32. The molecule has 1 saturated carbocycles. The van der Waals surface area contributed by atoms with Crippen molar-refractivity contribution < 1.29 is 14.3 Å². The van der Waals surface area contributed by atoms with Crippen molar-refractivity contribution in [2.75, 3.05) is 11.4 Å². The molecule has 5 rings (SSSR count). The first-order valence-corrected chi connectivity index (χ1v) is 9.63. The Morgan fingerprint density at radius 3 is 2.74 bits per heavy atom. The second-order valence-corrected chi connectivity index (χ2v) is 8.00. The summed E-state index contributed by atoms with van der Waals surface area (Å²) in [7, 11) is 0. The van der Waals surface area contributed by atoms with Crippen LogP contribution in [0.25, 0.3) is 10.9 Å². The number of nitrogens with zero attached hydrogens (tertiary/aromatic N) is 2. The number of anilines is 1. The molecule has 1 aliphatic carbocycles. The average Bonchev–Trinajstić information content (AvgIpc) is 3.42. The van der Waals surface area contributed by atoms with Gasteiger partial charge < -0.3 is 20.3 Å². The molecular formula is C20H22FN3O3. The molecule has 3 heterocycles. The highest BCUT2D eigenvalue weighted by Gasteiger charge is 2.38. The molecule has 0 unspecified atom stereocenters. The Kier molecular flexibility index (Phi) is 3.59. The van der Waals surface area contributed by atoms with E-state index in [4.69, 9.17) is 5.73 Å². The van der Waals surface area contributed by atoms with Gasteiger partial charge >= 0.3 is 5.97 Å². The lowest BCUT2D eigenvalue weighted by molar-refractivity contribution is 0.0695. The molecule has 3 N–H and O–H groups in total. The highest BCUT2D eigenvalue weighted by molar-refractivity contribution is 5.95. The molecule has 0 spiro atoms. The smallest absolute Gasteiger partial charge is 0.341 e. The highest BCUT2D eigenvalue weighted by Crippen LogP contribution is 2.43. The number of hydrogen-bond acceptors (Lipinski definition) is 4. The summed E-state index contributed by atoms with van der Waals surface area (Å²) in [6, 6.07) is 1.58. The molecule has 1 aromatic carbocycles. The van der Waals surface area contributed by atoms with Crippen molar-refractivity contribution in [3.05, 3.63) is 39.4 Å². The summed E-state index contributed by atoms with van der Waals surface area (Å²) in [5, 5.41) is 9.61. The maximum Gasteiger partial charge on any atom is 0.341 e. The number of benzene rings is 1. The van der Waals surface area contributed by atoms with Crippen LogP contribution in [0, 0.1) is 5.82 Å². The first-order chi connectivity index (χ1) is 13.0. The Morgan fingerprint density at radius 1 is 1.26 bits per heavy atom. The van der Waals surface area contributed by atoms with E-state index in [9.17, 15) is 14.7 Å². The van der Waals surface area contributed by atoms with Crippen LogP contribution in [-0.2, 0) is 6.42 Å². The SMILES string of the molecule is N[C@H]1CCN2c3c(F)cc4c(=O)c(C(=O)O)cn(C5CC5)c4c3CCC[C@H]12. The lowest BCUT2D eigenvalue weighted by atomic mass is 9.99. The largest absolute Gasteiger partial charge is 0.477 e. The minimum absolute atomic E-state index is 0.0334. The van der Waals surface area contributed by atoms with Crippen LogP contribution in [0.1, 0.15) is 54.1 Å². The quantitative estimate of drug-likeness (QED) is 0.846. The zero-order chi connectivity index (χ0) is 18.9. The molecule has 2 atom stereocenters. The van der Waals surface area contributed by atoms with E-state index in [0.717, 1.165) is 37.7 Å². The molecule has 0 amide bonds. The van der Waals surface area contributed by atoms with Crippen molar-refractivity contribution >= 4 is 22.6 Å². The fourth-order valence-corrected chi connectivity index (χ4v) is 4.91. The predicted molar refractivity (Wildman–Crippen MR) is 100 cm³/mol. The summed E-state index contributed by atoms with van der Waals surface area (Å²) in [6.07, 6.45) is 6.62. The number of carbonyl (C=O) groups is 1. The van der Waals surface area contributed by atoms with Crippen LogP contribution < -0.4 is 16.1 Å². The topological polar surface area (TPSA) is 88.6 Å². The van der Waals surface area contributed by atoms with Crippen molar-refractivity contribution in [3.63, 3.8) is 0 Å². The van der Waals surface area contributed by atoms with E-state index >= 15 is 4.39 Å². The van der Waals surface area contributed by atoms with Crippen LogP contribution in [0.4, 0.5) is 10.1 Å². The molecule has 1 saturated heterocycles. The van der Waals surface area contributed by atoms with Crippen molar-refractivity contribution in [1.82, 2.24) is 4.57 Å². The van der Waals surface area contributed by atoms with Gasteiger partial charge in [-0.1, -0.05) is 0 Å². The van der Waals surface area contributed by atoms with Crippen molar-refractivity contribution in [2.24, 2.45) is 5.73 Å². The Bertz CT molecular complexity index is 1030. The molecule has 0 radical (unpaired) electrons. The summed E-state index contributed by atoms with van der Waals surface area (Å²) in [5.74, 6) is -1.71. The third kappa shape index (κ3) is 2.41. The van der Waals surface area contributed by atoms with Gasteiger partial charge in [0.05, 0.1) is 11.2 Å². The summed E-state index contributed by atoms with van der Waals surface area (Å²) in [6.45, 7) is 0.710. The van der Waals surface area contributed by atoms with Gasteiger partial charge in [-0.25, -0.2) is 9.18 Å². The summed E-state index contributed by atoms with van der Waals surface area (Å²) in [5.41, 5.74) is 7.48. The van der Waals surface area contributed by atoms with Gasteiger partial charge in [-0.3, -0.25) is 4.79 Å². The molecule has 142 valence electrons. The van der Waals surface area contributed by atoms with Crippen LogP contribution >= 0.6 is 0 Å². The average molecular weight is 371 g/mol. The molecule has 27 heavy (non-hydrogen) atoms. The van der Waals surface area contributed by atoms with Crippen LogP contribution in [0.2, 0.25) is 0 Å². The number of hydrogen-bond donors (Lipinski definition) is 2. The zero-order valence-corrected chi connectivity index (χ0v) is 14.9. The molecule has 2 aliphatic heterocycles. The van der Waals surface area contributed by atoms with E-state index in [1.165, 1.54) is 12.3 Å². The van der Waals surface area contributed by atoms with E-state index in [-0.39, 0.29) is 29.1 Å². The first-order valence-electron chi connectivity index (χ1n) is 9.63. The van der Waals surface area contributed by atoms with Gasteiger partial charge in [0.2, 0.25) is 5.43 Å². The van der Waals surface area contributed by atoms with Crippen LogP contribution in [0.3, 0.4) is 0 Å². The van der Waals surface area contributed by atoms with E-state index in [2.05, 4.69) is 4.90 Å². The van der Waals surface area contributed by atoms with Crippen molar-refractivity contribution in [2.45, 2.75) is 56.7 Å². The predicted octanol–water partition coefficient (Wildman–Crippen LogP) is 2.42. The minimum Gasteiger partial charge on any atom is -0.477 e. The highest BCUT2D eigenvalue weighted by atomic mass is 19.1. The van der Waals surface area contributed by atoms with Gasteiger partial charge in [-0.05, 0) is 44.6 Å². The Hall–Kier alpha value is -2.41. The van der Waals surface area contributed by atoms with E-state index in [0.29, 0.717) is 24.2 Å². The van der Waals surface area contributed by atoms with Gasteiger partial charge in [0, 0.05) is 41.8 Å². The second kappa shape index (κ2) is 5.79. The first kappa shape index (κ1) is 16.7. The van der Waals surface area contributed by atoms with Gasteiger partial charge in [0.25, 0.3) is 0 Å². The molecule has 6 nitrogen and oxygen atoms in total. The lowest BCUT2D eigenvalue weighted by Gasteiger charge is -2.29. The van der Waals surface area contributed by atoms with Crippen molar-refractivity contribution in [1.29, 1.82) is 0 Å². The van der Waals surface area contributed by atoms with Crippen LogP contribution in [0.15, 0.2) is 17.1 Å². The number of nitrogens with two attached hydrogens (primary N) is 1. The fraction of sp³-hybridized carbons (Fsp3) is 0.500. The number of rotatable bonds is 2. The molecule has 0 bridgehead atoms. The number of aromatic nitrogens is 1. The molecule has 1 aromatic heterocycles. The normalized spacial score (nSPS) is 24.6. The maximum absolute atomic E-state index is 15.2. The Morgan fingerprint density at radius 2 is 2.04 bits per heavy atom. The minimum atomic E-state index is -1.27. The fourth-order valence-electron chi connectivity index (χ4n) is 4.91. The molecule has 2 aromatic rings. The van der Waals surface area contributed by atoms with Gasteiger partial charge in [0.15, 0.2) is 0 Å². The number of fused-ring (bicyclic) bond motifs is 5. The monoisotopic (exact) mass is 371 g/mol. The van der Waals surface area contributed by atoms with E-state index < -0.39 is 17.2 Å². The number of aromatic carboxylic acids is 1. The number of halogens is 1. The number of carboxylic acids is 1. The van der Waals surface area contributed by atoms with Gasteiger partial charge in [-0.15, -0.1) is 0 Å². The van der Waals surface area contributed by atoms with Crippen LogP contribution in [0.5, 0.6) is 0 Å². The van der Waals surface area contributed by atoms with Crippen molar-refractivity contribution in [3.8, 4) is 0 Å². The zero-order valence-electron chi connectivity index (χ0n) is 14.9. The Balaban J connectivity index is 1.86. The summed E-state index contributed by atoms with van der Waals surface area (Å²) in [4.78, 5) is 26.4. The van der Waals surface area contributed by atoms with Gasteiger partial charge in [-0.2, -0.15) is 0 Å². The Labute approximate surface area is 155 Å². The molecule has 7 heteroatoms. The molecular weight excluding hydrogens is 349 g/mol. The summed E-state index contributed by atoms with van der Waals surface area (Å²) >= 11 is 0. The second-order valence-electron chi connectivity index (χ2n) is 8.00. The van der Waals surface area contributed by atoms with E-state index in [1.54, 1.807) is 0 Å². The molecule has 2 fully saturated rings. The van der Waals surface area contributed by atoms with Crippen LogP contribution in [-0.4, -0.2) is 34.3 Å². The third-order valence-electron chi connectivity index (χ3n) is 6.32. The lowest BCUT2D eigenvalue weighted by Crippen LogP contribution is -2.39. The summed E-state index contributed by atoms with van der Waals surface area (Å²) < 4.78 is 17.1. The number of pyridine rings is 1. The number of carboxylic acid groups (broad SMARTS) is 1. The number of aryl methyl sites for hydroxylation is 1. The van der Waals surface area contributed by atoms with Gasteiger partial charge in [0.1, 0.15) is 11.4 Å². The standard InChI is InChI=1S/C20H22FN3O3/c21-14-8-12-17(24(10-4-5-10)9-13(19(12)25)20(26)27)11-2-1-3-16-15(22)6-7-23(16)18(11)14/h8-10,15-16H,1-7,22H2,(H,26,27)/t15-,16+/m0/s1. The maximum atomic E-state index is 15.2.